The standard InChI is InChI=1S/C7H5BrINO2/c8-4-5-3-6(10(11)12)1-2-7(5)9/h1-3H,4H2. The van der Waals surface area contributed by atoms with E-state index in [-0.39, 0.29) is 10.6 Å². The second-order valence-corrected chi connectivity index (χ2v) is 3.89. The van der Waals surface area contributed by atoms with Crippen LogP contribution in [0.3, 0.4) is 0 Å². The van der Waals surface area contributed by atoms with Crippen molar-refractivity contribution >= 4 is 44.2 Å². The molecule has 0 N–H and O–H groups in total. The molecule has 0 aliphatic rings. The van der Waals surface area contributed by atoms with Gasteiger partial charge in [-0.05, 0) is 34.2 Å². The molecular formula is C7H5BrINO2. The van der Waals surface area contributed by atoms with Gasteiger partial charge in [-0.1, -0.05) is 15.9 Å². The summed E-state index contributed by atoms with van der Waals surface area (Å²) in [7, 11) is 0. The topological polar surface area (TPSA) is 43.1 Å². The molecule has 0 spiro atoms. The molecule has 3 nitrogen and oxygen atoms in total. The zero-order valence-corrected chi connectivity index (χ0v) is 9.70. The van der Waals surface area contributed by atoms with Crippen LogP contribution in [0.25, 0.3) is 0 Å². The molecular weight excluding hydrogens is 337 g/mol. The lowest BCUT2D eigenvalue weighted by Crippen LogP contribution is -1.91. The van der Waals surface area contributed by atoms with E-state index >= 15 is 0 Å². The molecule has 0 aromatic heterocycles. The summed E-state index contributed by atoms with van der Waals surface area (Å²) < 4.78 is 1.04. The summed E-state index contributed by atoms with van der Waals surface area (Å²) in [4.78, 5) is 9.98. The normalized spacial score (nSPS) is 9.83. The smallest absolute Gasteiger partial charge is 0.258 e. The second kappa shape index (κ2) is 4.18. The monoisotopic (exact) mass is 341 g/mol. The van der Waals surface area contributed by atoms with Crippen LogP contribution in [0.2, 0.25) is 0 Å². The first kappa shape index (κ1) is 9.91. The zero-order chi connectivity index (χ0) is 9.14. The van der Waals surface area contributed by atoms with Crippen molar-refractivity contribution in [2.24, 2.45) is 0 Å². The molecule has 0 saturated carbocycles. The van der Waals surface area contributed by atoms with Gasteiger partial charge in [0.15, 0.2) is 0 Å². The van der Waals surface area contributed by atoms with E-state index in [1.165, 1.54) is 6.07 Å². The molecule has 0 amide bonds. The van der Waals surface area contributed by atoms with Gasteiger partial charge in [-0.2, -0.15) is 0 Å². The maximum Gasteiger partial charge on any atom is 0.269 e. The van der Waals surface area contributed by atoms with E-state index in [4.69, 9.17) is 0 Å². The number of halogens is 2. The Hall–Kier alpha value is -0.170. The summed E-state index contributed by atoms with van der Waals surface area (Å²) in [5.41, 5.74) is 1.09. The highest BCUT2D eigenvalue weighted by Gasteiger charge is 2.07. The fourth-order valence-electron chi connectivity index (χ4n) is 0.777. The minimum absolute atomic E-state index is 0.143. The summed E-state index contributed by atoms with van der Waals surface area (Å²) in [5, 5.41) is 11.0. The third-order valence-electron chi connectivity index (χ3n) is 1.38. The molecule has 1 rings (SSSR count). The molecule has 0 unspecified atom stereocenters. The zero-order valence-electron chi connectivity index (χ0n) is 5.96. The number of non-ortho nitro benzene ring substituents is 1. The SMILES string of the molecule is O=[N+]([O-])c1ccc(I)c(CBr)c1. The van der Waals surface area contributed by atoms with Crippen molar-refractivity contribution in [3.05, 3.63) is 37.4 Å². The third kappa shape index (κ3) is 2.16. The number of nitro groups is 1. The van der Waals surface area contributed by atoms with Gasteiger partial charge in [-0.25, -0.2) is 0 Å². The average molecular weight is 342 g/mol. The van der Waals surface area contributed by atoms with Crippen LogP contribution in [-0.4, -0.2) is 4.92 Å². The van der Waals surface area contributed by atoms with Crippen molar-refractivity contribution in [1.29, 1.82) is 0 Å². The predicted octanol–water partition coefficient (Wildman–Crippen LogP) is 3.09. The van der Waals surface area contributed by atoms with Crippen LogP contribution < -0.4 is 0 Å². The second-order valence-electron chi connectivity index (χ2n) is 2.17. The van der Waals surface area contributed by atoms with Crippen LogP contribution in [0.5, 0.6) is 0 Å². The van der Waals surface area contributed by atoms with Crippen LogP contribution in [0.15, 0.2) is 18.2 Å². The summed E-state index contributed by atoms with van der Waals surface area (Å²) in [6, 6.07) is 4.83. The number of hydrogen-bond acceptors (Lipinski definition) is 2. The van der Waals surface area contributed by atoms with E-state index in [0.717, 1.165) is 9.13 Å². The van der Waals surface area contributed by atoms with Gasteiger partial charge >= 0.3 is 0 Å². The Kier molecular flexibility index (Phi) is 3.45. The van der Waals surface area contributed by atoms with Gasteiger partial charge in [-0.15, -0.1) is 0 Å². The number of nitro benzene ring substituents is 1. The minimum Gasteiger partial charge on any atom is -0.258 e. The molecule has 1 aromatic carbocycles. The lowest BCUT2D eigenvalue weighted by molar-refractivity contribution is -0.384. The van der Waals surface area contributed by atoms with Crippen LogP contribution >= 0.6 is 38.5 Å². The highest BCUT2D eigenvalue weighted by molar-refractivity contribution is 14.1. The lowest BCUT2D eigenvalue weighted by atomic mass is 10.2. The van der Waals surface area contributed by atoms with Crippen molar-refractivity contribution < 1.29 is 4.92 Å². The first-order valence-electron chi connectivity index (χ1n) is 3.14. The molecule has 0 atom stereocenters. The molecule has 0 saturated heterocycles. The molecule has 0 fully saturated rings. The fraction of sp³-hybridized carbons (Fsp3) is 0.143. The number of alkyl halides is 1. The van der Waals surface area contributed by atoms with Gasteiger partial charge in [0, 0.05) is 21.0 Å². The summed E-state index contributed by atoms with van der Waals surface area (Å²) in [5.74, 6) is 0. The van der Waals surface area contributed by atoms with Crippen LogP contribution in [0.1, 0.15) is 5.56 Å². The molecule has 5 heteroatoms. The van der Waals surface area contributed by atoms with Crippen molar-refractivity contribution in [3.63, 3.8) is 0 Å². The van der Waals surface area contributed by atoms with E-state index in [1.807, 2.05) is 0 Å². The average Bonchev–Trinajstić information content (AvgIpc) is 2.05. The van der Waals surface area contributed by atoms with Crippen molar-refractivity contribution in [1.82, 2.24) is 0 Å². The van der Waals surface area contributed by atoms with Crippen molar-refractivity contribution in [2.45, 2.75) is 5.33 Å². The quantitative estimate of drug-likeness (QED) is 0.359. The minimum atomic E-state index is -0.387. The highest BCUT2D eigenvalue weighted by Crippen LogP contribution is 2.21. The lowest BCUT2D eigenvalue weighted by Gasteiger charge is -1.98. The van der Waals surface area contributed by atoms with Crippen molar-refractivity contribution in [2.75, 3.05) is 0 Å². The molecule has 12 heavy (non-hydrogen) atoms. The molecule has 1 aromatic rings. The van der Waals surface area contributed by atoms with Gasteiger partial charge < -0.3 is 0 Å². The van der Waals surface area contributed by atoms with Crippen LogP contribution in [0, 0.1) is 13.7 Å². The summed E-state index contributed by atoms with van der Waals surface area (Å²) >= 11 is 5.41. The molecule has 0 radical (unpaired) electrons. The van der Waals surface area contributed by atoms with Gasteiger partial charge in [0.05, 0.1) is 4.92 Å². The van der Waals surface area contributed by atoms with Gasteiger partial charge in [0.25, 0.3) is 5.69 Å². The summed E-state index contributed by atoms with van der Waals surface area (Å²) in [6.45, 7) is 0. The van der Waals surface area contributed by atoms with Crippen LogP contribution in [0.4, 0.5) is 5.69 Å². The van der Waals surface area contributed by atoms with E-state index < -0.39 is 0 Å². The molecule has 0 heterocycles. The maximum absolute atomic E-state index is 10.4. The van der Waals surface area contributed by atoms with E-state index in [2.05, 4.69) is 38.5 Å². The molecule has 0 aliphatic heterocycles. The van der Waals surface area contributed by atoms with Gasteiger partial charge in [0.1, 0.15) is 0 Å². The first-order valence-corrected chi connectivity index (χ1v) is 5.34. The molecule has 64 valence electrons. The molecule has 0 bridgehead atoms. The largest absolute Gasteiger partial charge is 0.269 e. The van der Waals surface area contributed by atoms with E-state index in [0.29, 0.717) is 5.33 Å². The summed E-state index contributed by atoms with van der Waals surface area (Å²) in [6.07, 6.45) is 0. The number of benzene rings is 1. The number of hydrogen-bond donors (Lipinski definition) is 0. The third-order valence-corrected chi connectivity index (χ3v) is 3.04. The Labute approximate surface area is 91.6 Å². The van der Waals surface area contributed by atoms with Gasteiger partial charge in [0.2, 0.25) is 0 Å². The number of nitrogens with zero attached hydrogens (tertiary/aromatic N) is 1. The van der Waals surface area contributed by atoms with Gasteiger partial charge in [-0.3, -0.25) is 10.1 Å². The van der Waals surface area contributed by atoms with E-state index in [1.54, 1.807) is 12.1 Å². The number of rotatable bonds is 2. The Balaban J connectivity index is 3.13. The highest BCUT2D eigenvalue weighted by atomic mass is 127. The van der Waals surface area contributed by atoms with Crippen LogP contribution in [-0.2, 0) is 5.33 Å². The van der Waals surface area contributed by atoms with Crippen molar-refractivity contribution in [3.8, 4) is 0 Å². The van der Waals surface area contributed by atoms with E-state index in [9.17, 15) is 10.1 Å². The Morgan fingerprint density at radius 2 is 2.25 bits per heavy atom. The predicted molar refractivity (Wildman–Crippen MR) is 58.4 cm³/mol. The first-order chi connectivity index (χ1) is 5.65. The molecule has 0 aliphatic carbocycles. The maximum atomic E-state index is 10.4. The Bertz CT molecular complexity index is 316. The Morgan fingerprint density at radius 3 is 2.75 bits per heavy atom. The Morgan fingerprint density at radius 1 is 1.58 bits per heavy atom. The fourth-order valence-corrected chi connectivity index (χ4v) is 2.29.